The first kappa shape index (κ1) is 28.1. The minimum absolute atomic E-state index is 0. The third-order valence-corrected chi connectivity index (χ3v) is 1.94. The van der Waals surface area contributed by atoms with E-state index in [-0.39, 0.29) is 59.1 Å². The molecule has 0 aliphatic heterocycles. The van der Waals surface area contributed by atoms with Crippen LogP contribution >= 0.6 is 0 Å². The molecule has 0 atom stereocenters. The van der Waals surface area contributed by atoms with E-state index < -0.39 is 10.4 Å². The van der Waals surface area contributed by atoms with Gasteiger partial charge in [-0.05, 0) is 12.3 Å². The summed E-state index contributed by atoms with van der Waals surface area (Å²) in [7, 11) is -5.17. The van der Waals surface area contributed by atoms with E-state index in [1.165, 1.54) is 32.1 Å². The molecule has 1 N–H and O–H groups in total. The molecule has 0 saturated carbocycles. The number of unbranched alkanes of at least 4 members (excludes halogenated alkanes) is 4. The predicted molar refractivity (Wildman–Crippen MR) is 60.1 cm³/mol. The summed E-state index contributed by atoms with van der Waals surface area (Å²) in [6.07, 6.45) is 7.56. The van der Waals surface area contributed by atoms with E-state index in [1.54, 1.807) is 0 Å². The van der Waals surface area contributed by atoms with Gasteiger partial charge in [-0.2, -0.15) is 0 Å². The molecule has 0 fully saturated rings. The van der Waals surface area contributed by atoms with Crippen molar-refractivity contribution in [2.24, 2.45) is 5.92 Å². The second kappa shape index (κ2) is 18.8. The summed E-state index contributed by atoms with van der Waals surface area (Å²) in [6, 6.07) is 0. The fourth-order valence-corrected chi connectivity index (χ4v) is 1.19. The first-order chi connectivity index (χ1) is 7.27. The maximum absolute atomic E-state index is 8.52. The molecule has 0 heterocycles. The van der Waals surface area contributed by atoms with Gasteiger partial charge in [0.15, 0.2) is 0 Å². The molecule has 0 spiro atoms. The van der Waals surface area contributed by atoms with Crippen LogP contribution in [0.25, 0.3) is 0 Å². The molecule has 0 bridgehead atoms. The number of hydrogen-bond acceptors (Lipinski definition) is 5. The van der Waals surface area contributed by atoms with Crippen molar-refractivity contribution in [3.63, 3.8) is 0 Å². The fourth-order valence-electron chi connectivity index (χ4n) is 1.19. The van der Waals surface area contributed by atoms with Crippen LogP contribution in [-0.2, 0) is 10.4 Å². The van der Waals surface area contributed by atoms with Crippen LogP contribution in [0.5, 0.6) is 0 Å². The Hall–Kier alpha value is 1.83. The van der Waals surface area contributed by atoms with Gasteiger partial charge < -0.3 is 14.2 Å². The standard InChI is InChI=1S/C10H22O.2Na.H2O4S/c1-10(2)8-6-4-3-5-7-9-11;;;1-5(2,3)4/h10-11H,3-9H2,1-2H3;;;(H2,1,2,3,4)/q;2*+1;/p-2. The van der Waals surface area contributed by atoms with Gasteiger partial charge in [-0.25, -0.2) is 0 Å². The van der Waals surface area contributed by atoms with Crippen molar-refractivity contribution in [3.05, 3.63) is 0 Å². The summed E-state index contributed by atoms with van der Waals surface area (Å²) in [4.78, 5) is 0. The van der Waals surface area contributed by atoms with Gasteiger partial charge in [0.25, 0.3) is 0 Å². The molecule has 0 aromatic carbocycles. The van der Waals surface area contributed by atoms with Crippen LogP contribution in [0.1, 0.15) is 52.4 Å². The van der Waals surface area contributed by atoms with Crippen LogP contribution in [0.2, 0.25) is 0 Å². The molecule has 100 valence electrons. The van der Waals surface area contributed by atoms with Gasteiger partial charge in [0.2, 0.25) is 0 Å². The molecular weight excluding hydrogens is 278 g/mol. The number of aliphatic hydroxyl groups excluding tert-OH is 1. The second-order valence-electron chi connectivity index (χ2n) is 4.08. The molecule has 0 saturated heterocycles. The molecule has 0 aliphatic rings. The molecule has 0 radical (unpaired) electrons. The van der Waals surface area contributed by atoms with Crippen LogP contribution in [0, 0.1) is 5.92 Å². The molecule has 5 nitrogen and oxygen atoms in total. The smallest absolute Gasteiger partial charge is 0.759 e. The van der Waals surface area contributed by atoms with E-state index in [2.05, 4.69) is 13.8 Å². The predicted octanol–water partition coefficient (Wildman–Crippen LogP) is -4.35. The summed E-state index contributed by atoms with van der Waals surface area (Å²) in [5.41, 5.74) is 0. The van der Waals surface area contributed by atoms with Gasteiger partial charge in [0.1, 0.15) is 0 Å². The van der Waals surface area contributed by atoms with E-state index >= 15 is 0 Å². The molecule has 8 heteroatoms. The Labute approximate surface area is 155 Å². The quantitative estimate of drug-likeness (QED) is 0.222. The summed E-state index contributed by atoms with van der Waals surface area (Å²) in [6.45, 7) is 4.91. The Morgan fingerprint density at radius 1 is 0.944 bits per heavy atom. The van der Waals surface area contributed by atoms with Crippen LogP contribution in [0.15, 0.2) is 0 Å². The van der Waals surface area contributed by atoms with Crippen molar-refractivity contribution in [2.75, 3.05) is 6.61 Å². The van der Waals surface area contributed by atoms with Crippen molar-refractivity contribution in [1.82, 2.24) is 0 Å². The van der Waals surface area contributed by atoms with Crippen LogP contribution in [0.3, 0.4) is 0 Å². The van der Waals surface area contributed by atoms with E-state index in [9.17, 15) is 0 Å². The van der Waals surface area contributed by atoms with E-state index in [4.69, 9.17) is 22.6 Å². The molecule has 0 aromatic rings. The summed E-state index contributed by atoms with van der Waals surface area (Å²) in [5, 5.41) is 8.51. The summed E-state index contributed by atoms with van der Waals surface area (Å²) < 4.78 is 34.1. The monoisotopic (exact) mass is 300 g/mol. The van der Waals surface area contributed by atoms with Gasteiger partial charge >= 0.3 is 59.1 Å². The molecule has 0 unspecified atom stereocenters. The molecular formula is C10H22Na2O5S. The molecule has 0 aliphatic carbocycles. The number of aliphatic hydroxyl groups is 1. The van der Waals surface area contributed by atoms with Crippen molar-refractivity contribution < 1.29 is 81.7 Å². The molecule has 0 aromatic heterocycles. The van der Waals surface area contributed by atoms with Gasteiger partial charge in [-0.15, -0.1) is 0 Å². The Bertz CT molecular complexity index is 224. The maximum Gasteiger partial charge on any atom is 1.00 e. The van der Waals surface area contributed by atoms with Gasteiger partial charge in [0.05, 0.1) is 0 Å². The minimum Gasteiger partial charge on any atom is -0.759 e. The van der Waals surface area contributed by atoms with E-state index in [1.807, 2.05) is 0 Å². The average molecular weight is 300 g/mol. The Morgan fingerprint density at radius 3 is 1.61 bits per heavy atom. The normalized spacial score (nSPS) is 9.89. The first-order valence-corrected chi connectivity index (χ1v) is 6.88. The third kappa shape index (κ3) is 52.3. The average Bonchev–Trinajstić information content (AvgIpc) is 2.08. The zero-order valence-corrected chi connectivity index (χ0v) is 16.8. The molecule has 0 rings (SSSR count). The maximum atomic E-state index is 8.52. The summed E-state index contributed by atoms with van der Waals surface area (Å²) >= 11 is 0. The van der Waals surface area contributed by atoms with Crippen molar-refractivity contribution in [3.8, 4) is 0 Å². The second-order valence-corrected chi connectivity index (χ2v) is 4.90. The Kier molecular flexibility index (Phi) is 29.4. The van der Waals surface area contributed by atoms with Gasteiger partial charge in [-0.3, -0.25) is 8.42 Å². The van der Waals surface area contributed by atoms with Crippen LogP contribution in [0.4, 0.5) is 0 Å². The number of rotatable bonds is 7. The van der Waals surface area contributed by atoms with Crippen molar-refractivity contribution >= 4 is 10.4 Å². The topological polar surface area (TPSA) is 100 Å². The minimum atomic E-state index is -5.17. The van der Waals surface area contributed by atoms with E-state index in [0.29, 0.717) is 6.61 Å². The Morgan fingerprint density at radius 2 is 1.28 bits per heavy atom. The van der Waals surface area contributed by atoms with Crippen molar-refractivity contribution in [1.29, 1.82) is 0 Å². The number of hydrogen-bond donors (Lipinski definition) is 1. The van der Waals surface area contributed by atoms with Gasteiger partial charge in [-0.1, -0.05) is 46.0 Å². The largest absolute Gasteiger partial charge is 1.00 e. The fraction of sp³-hybridized carbons (Fsp3) is 1.00. The summed E-state index contributed by atoms with van der Waals surface area (Å²) in [5.74, 6) is 0.854. The zero-order valence-electron chi connectivity index (χ0n) is 12.0. The SMILES string of the molecule is CC(C)CCCCCCCO.O=S(=O)([O-])[O-].[Na+].[Na+]. The van der Waals surface area contributed by atoms with E-state index in [0.717, 1.165) is 12.3 Å². The van der Waals surface area contributed by atoms with Crippen molar-refractivity contribution in [2.45, 2.75) is 52.4 Å². The van der Waals surface area contributed by atoms with Gasteiger partial charge in [0, 0.05) is 17.0 Å². The van der Waals surface area contributed by atoms with Crippen LogP contribution < -0.4 is 59.1 Å². The first-order valence-electron chi connectivity index (χ1n) is 5.55. The third-order valence-electron chi connectivity index (χ3n) is 1.94. The zero-order chi connectivity index (χ0) is 13.0. The molecule has 18 heavy (non-hydrogen) atoms. The molecule has 0 amide bonds. The Balaban J connectivity index is -0.000000122. The van der Waals surface area contributed by atoms with Crippen LogP contribution in [-0.4, -0.2) is 29.2 Å².